The highest BCUT2D eigenvalue weighted by molar-refractivity contribution is 9.10. The summed E-state index contributed by atoms with van der Waals surface area (Å²) >= 11 is 9.58. The standard InChI is InChI=1S/C18H20BrClN2O/c1-13(16-5-3-4-6-17(16)20)21-18(23)12-22(2)11-14-7-9-15(19)10-8-14/h3-10,13H,11-12H2,1-2H3,(H,21,23)/t13-/m1/s1. The summed E-state index contributed by atoms with van der Waals surface area (Å²) in [4.78, 5) is 14.2. The second-order valence-electron chi connectivity index (χ2n) is 5.61. The van der Waals surface area contributed by atoms with Gasteiger partial charge in [-0.25, -0.2) is 0 Å². The van der Waals surface area contributed by atoms with Crippen LogP contribution in [0.2, 0.25) is 5.02 Å². The first-order chi connectivity index (χ1) is 11.0. The van der Waals surface area contributed by atoms with Crippen molar-refractivity contribution in [1.29, 1.82) is 0 Å². The van der Waals surface area contributed by atoms with Crippen LogP contribution in [0, 0.1) is 0 Å². The van der Waals surface area contributed by atoms with Gasteiger partial charge in [0, 0.05) is 16.0 Å². The molecule has 0 saturated heterocycles. The molecule has 0 aromatic heterocycles. The Hall–Kier alpha value is -1.36. The molecule has 0 radical (unpaired) electrons. The number of hydrogen-bond donors (Lipinski definition) is 1. The zero-order valence-corrected chi connectivity index (χ0v) is 15.6. The van der Waals surface area contributed by atoms with E-state index in [9.17, 15) is 4.79 Å². The highest BCUT2D eigenvalue weighted by atomic mass is 79.9. The van der Waals surface area contributed by atoms with Crippen molar-refractivity contribution in [3.05, 3.63) is 69.2 Å². The van der Waals surface area contributed by atoms with Crippen molar-refractivity contribution in [2.75, 3.05) is 13.6 Å². The van der Waals surface area contributed by atoms with Crippen LogP contribution >= 0.6 is 27.5 Å². The summed E-state index contributed by atoms with van der Waals surface area (Å²) in [5, 5.41) is 3.66. The summed E-state index contributed by atoms with van der Waals surface area (Å²) < 4.78 is 1.05. The van der Waals surface area contributed by atoms with E-state index < -0.39 is 0 Å². The first kappa shape index (κ1) is 18.0. The molecule has 0 bridgehead atoms. The van der Waals surface area contributed by atoms with Gasteiger partial charge in [-0.2, -0.15) is 0 Å². The highest BCUT2D eigenvalue weighted by Gasteiger charge is 2.13. The van der Waals surface area contributed by atoms with E-state index in [-0.39, 0.29) is 11.9 Å². The molecule has 0 fully saturated rings. The average Bonchev–Trinajstić information content (AvgIpc) is 2.49. The van der Waals surface area contributed by atoms with Crippen LogP contribution in [0.1, 0.15) is 24.1 Å². The molecule has 0 unspecified atom stereocenters. The predicted molar refractivity (Wildman–Crippen MR) is 98.5 cm³/mol. The third-order valence-corrected chi connectivity index (χ3v) is 4.40. The first-order valence-corrected chi connectivity index (χ1v) is 8.59. The van der Waals surface area contributed by atoms with Crippen LogP contribution in [0.15, 0.2) is 53.0 Å². The molecule has 1 N–H and O–H groups in total. The number of amides is 1. The minimum Gasteiger partial charge on any atom is -0.348 e. The molecule has 0 aliphatic heterocycles. The lowest BCUT2D eigenvalue weighted by Gasteiger charge is -2.20. The van der Waals surface area contributed by atoms with Gasteiger partial charge >= 0.3 is 0 Å². The van der Waals surface area contributed by atoms with Crippen LogP contribution < -0.4 is 5.32 Å². The Morgan fingerprint density at radius 2 is 1.87 bits per heavy atom. The van der Waals surface area contributed by atoms with Crippen molar-refractivity contribution in [2.24, 2.45) is 0 Å². The topological polar surface area (TPSA) is 32.3 Å². The van der Waals surface area contributed by atoms with E-state index in [0.717, 1.165) is 16.6 Å². The zero-order chi connectivity index (χ0) is 16.8. The van der Waals surface area contributed by atoms with Crippen molar-refractivity contribution in [3.8, 4) is 0 Å². The van der Waals surface area contributed by atoms with E-state index in [1.165, 1.54) is 5.56 Å². The van der Waals surface area contributed by atoms with Gasteiger partial charge in [-0.15, -0.1) is 0 Å². The molecule has 2 aromatic rings. The highest BCUT2D eigenvalue weighted by Crippen LogP contribution is 2.22. The summed E-state index contributed by atoms with van der Waals surface area (Å²) in [5.74, 6) is -0.0166. The fourth-order valence-electron chi connectivity index (χ4n) is 2.39. The fourth-order valence-corrected chi connectivity index (χ4v) is 2.96. The molecular formula is C18H20BrClN2O. The zero-order valence-electron chi connectivity index (χ0n) is 13.2. The molecule has 0 saturated carbocycles. The molecule has 122 valence electrons. The van der Waals surface area contributed by atoms with E-state index in [4.69, 9.17) is 11.6 Å². The summed E-state index contributed by atoms with van der Waals surface area (Å²) in [6.07, 6.45) is 0. The Kier molecular flexibility index (Phi) is 6.63. The molecule has 2 aromatic carbocycles. The average molecular weight is 396 g/mol. The molecule has 0 spiro atoms. The maximum Gasteiger partial charge on any atom is 0.234 e. The second-order valence-corrected chi connectivity index (χ2v) is 6.93. The van der Waals surface area contributed by atoms with Crippen molar-refractivity contribution >= 4 is 33.4 Å². The van der Waals surface area contributed by atoms with Crippen molar-refractivity contribution < 1.29 is 4.79 Å². The van der Waals surface area contributed by atoms with Crippen LogP contribution in [0.5, 0.6) is 0 Å². The molecule has 1 atom stereocenters. The maximum absolute atomic E-state index is 12.2. The number of hydrogen-bond acceptors (Lipinski definition) is 2. The molecule has 0 heterocycles. The van der Waals surface area contributed by atoms with Crippen LogP contribution in [-0.2, 0) is 11.3 Å². The SMILES string of the molecule is C[C@@H](NC(=O)CN(C)Cc1ccc(Br)cc1)c1ccccc1Cl. The van der Waals surface area contributed by atoms with Gasteiger partial charge in [-0.1, -0.05) is 57.9 Å². The maximum atomic E-state index is 12.2. The smallest absolute Gasteiger partial charge is 0.234 e. The van der Waals surface area contributed by atoms with Gasteiger partial charge in [0.15, 0.2) is 0 Å². The van der Waals surface area contributed by atoms with E-state index in [1.54, 1.807) is 0 Å². The van der Waals surface area contributed by atoms with E-state index in [0.29, 0.717) is 11.6 Å². The van der Waals surface area contributed by atoms with Gasteiger partial charge in [0.2, 0.25) is 5.91 Å². The Labute approximate surface area is 150 Å². The third-order valence-electron chi connectivity index (χ3n) is 3.53. The van der Waals surface area contributed by atoms with Crippen molar-refractivity contribution in [1.82, 2.24) is 10.2 Å². The molecule has 23 heavy (non-hydrogen) atoms. The second kappa shape index (κ2) is 8.48. The number of carbonyl (C=O) groups excluding carboxylic acids is 1. The molecule has 3 nitrogen and oxygen atoms in total. The number of likely N-dealkylation sites (N-methyl/N-ethyl adjacent to an activating group) is 1. The van der Waals surface area contributed by atoms with Gasteiger partial charge in [-0.3, -0.25) is 9.69 Å². The lowest BCUT2D eigenvalue weighted by molar-refractivity contribution is -0.122. The lowest BCUT2D eigenvalue weighted by atomic mass is 10.1. The van der Waals surface area contributed by atoms with E-state index >= 15 is 0 Å². The Morgan fingerprint density at radius 1 is 1.22 bits per heavy atom. The third kappa shape index (κ3) is 5.65. The molecule has 0 aliphatic rings. The number of benzene rings is 2. The largest absolute Gasteiger partial charge is 0.348 e. The molecular weight excluding hydrogens is 376 g/mol. The Balaban J connectivity index is 1.86. The Bertz CT molecular complexity index is 660. The fraction of sp³-hybridized carbons (Fsp3) is 0.278. The first-order valence-electron chi connectivity index (χ1n) is 7.42. The summed E-state index contributed by atoms with van der Waals surface area (Å²) in [6, 6.07) is 15.5. The number of halogens is 2. The number of nitrogens with zero attached hydrogens (tertiary/aromatic N) is 1. The van der Waals surface area contributed by atoms with Crippen molar-refractivity contribution in [2.45, 2.75) is 19.5 Å². The Morgan fingerprint density at radius 3 is 2.52 bits per heavy atom. The quantitative estimate of drug-likeness (QED) is 0.785. The number of rotatable bonds is 6. The van der Waals surface area contributed by atoms with Gasteiger partial charge in [0.25, 0.3) is 0 Å². The molecule has 2 rings (SSSR count). The predicted octanol–water partition coefficient (Wildman–Crippen LogP) is 4.41. The summed E-state index contributed by atoms with van der Waals surface area (Å²) in [6.45, 7) is 3.00. The van der Waals surface area contributed by atoms with Crippen LogP contribution in [-0.4, -0.2) is 24.4 Å². The molecule has 1 amide bonds. The minimum absolute atomic E-state index is 0.0166. The van der Waals surface area contributed by atoms with E-state index in [1.807, 2.05) is 67.4 Å². The lowest BCUT2D eigenvalue weighted by Crippen LogP contribution is -2.36. The van der Waals surface area contributed by atoms with Gasteiger partial charge in [0.05, 0.1) is 12.6 Å². The monoisotopic (exact) mass is 394 g/mol. The van der Waals surface area contributed by atoms with Crippen LogP contribution in [0.25, 0.3) is 0 Å². The normalized spacial score (nSPS) is 12.2. The molecule has 5 heteroatoms. The van der Waals surface area contributed by atoms with Gasteiger partial charge in [-0.05, 0) is 43.3 Å². The van der Waals surface area contributed by atoms with Gasteiger partial charge < -0.3 is 5.32 Å². The van der Waals surface area contributed by atoms with Crippen LogP contribution in [0.3, 0.4) is 0 Å². The molecule has 0 aliphatic carbocycles. The van der Waals surface area contributed by atoms with Crippen molar-refractivity contribution in [3.63, 3.8) is 0 Å². The summed E-state index contributed by atoms with van der Waals surface area (Å²) in [5.41, 5.74) is 2.10. The minimum atomic E-state index is -0.114. The number of nitrogens with one attached hydrogen (secondary N) is 1. The van der Waals surface area contributed by atoms with Gasteiger partial charge in [0.1, 0.15) is 0 Å². The summed E-state index contributed by atoms with van der Waals surface area (Å²) in [7, 11) is 1.93. The van der Waals surface area contributed by atoms with E-state index in [2.05, 4.69) is 21.2 Å². The van der Waals surface area contributed by atoms with Crippen LogP contribution in [0.4, 0.5) is 0 Å². The number of carbonyl (C=O) groups is 1.